The maximum Gasteiger partial charge on any atom is 0.159 e. The molecule has 0 aliphatic heterocycles. The number of hydrogen-bond donors (Lipinski definition) is 1. The van der Waals surface area contributed by atoms with Crippen LogP contribution in [-0.2, 0) is 5.41 Å². The van der Waals surface area contributed by atoms with Crippen LogP contribution in [0.1, 0.15) is 43.5 Å². The van der Waals surface area contributed by atoms with E-state index in [1.54, 1.807) is 6.07 Å². The van der Waals surface area contributed by atoms with Gasteiger partial charge in [0.05, 0.1) is 5.69 Å². The molecule has 2 N–H and O–H groups in total. The van der Waals surface area contributed by atoms with Crippen molar-refractivity contribution in [1.82, 2.24) is 19.7 Å². The van der Waals surface area contributed by atoms with Crippen LogP contribution in [0.4, 0.5) is 5.82 Å². The van der Waals surface area contributed by atoms with Crippen molar-refractivity contribution in [1.29, 1.82) is 0 Å². The van der Waals surface area contributed by atoms with Gasteiger partial charge in [-0.2, -0.15) is 5.10 Å². The summed E-state index contributed by atoms with van der Waals surface area (Å²) >= 11 is 0. The van der Waals surface area contributed by atoms with Crippen LogP contribution in [0.25, 0.3) is 5.82 Å². The Balaban J connectivity index is 2.63. The number of rotatable bonds is 1. The van der Waals surface area contributed by atoms with Gasteiger partial charge in [-0.25, -0.2) is 14.6 Å². The highest BCUT2D eigenvalue weighted by atomic mass is 15.3. The van der Waals surface area contributed by atoms with Crippen LogP contribution >= 0.6 is 0 Å². The Labute approximate surface area is 113 Å². The first-order valence-electron chi connectivity index (χ1n) is 6.38. The molecule has 0 aliphatic carbocycles. The van der Waals surface area contributed by atoms with E-state index in [-0.39, 0.29) is 5.41 Å². The molecule has 0 radical (unpaired) electrons. The van der Waals surface area contributed by atoms with E-state index < -0.39 is 0 Å². The van der Waals surface area contributed by atoms with Gasteiger partial charge < -0.3 is 5.73 Å². The molecule has 0 fully saturated rings. The third kappa shape index (κ3) is 2.45. The summed E-state index contributed by atoms with van der Waals surface area (Å²) in [5.74, 6) is 1.93. The lowest BCUT2D eigenvalue weighted by molar-refractivity contribution is 0.542. The van der Waals surface area contributed by atoms with Crippen molar-refractivity contribution in [2.75, 3.05) is 5.73 Å². The average molecular weight is 259 g/mol. The van der Waals surface area contributed by atoms with Gasteiger partial charge in [-0.05, 0) is 26.3 Å². The zero-order chi connectivity index (χ0) is 14.4. The molecule has 0 bridgehead atoms. The topological polar surface area (TPSA) is 69.6 Å². The fourth-order valence-electron chi connectivity index (χ4n) is 1.84. The summed E-state index contributed by atoms with van der Waals surface area (Å²) in [6, 6.07) is 1.76. The summed E-state index contributed by atoms with van der Waals surface area (Å²) in [7, 11) is 0. The third-order valence-electron chi connectivity index (χ3n) is 3.27. The van der Waals surface area contributed by atoms with Gasteiger partial charge in [0.25, 0.3) is 0 Å². The van der Waals surface area contributed by atoms with Gasteiger partial charge in [0.15, 0.2) is 5.82 Å². The molecule has 0 spiro atoms. The summed E-state index contributed by atoms with van der Waals surface area (Å²) < 4.78 is 1.83. The molecule has 0 saturated heterocycles. The molecule has 19 heavy (non-hydrogen) atoms. The number of nitrogen functional groups attached to an aromatic ring is 1. The average Bonchev–Trinajstić information content (AvgIpc) is 2.55. The summed E-state index contributed by atoms with van der Waals surface area (Å²) in [6.45, 7) is 12.3. The van der Waals surface area contributed by atoms with Gasteiger partial charge in [-0.3, -0.25) is 0 Å². The van der Waals surface area contributed by atoms with Crippen molar-refractivity contribution in [3.05, 3.63) is 28.8 Å². The highest BCUT2D eigenvalue weighted by molar-refractivity contribution is 5.40. The molecule has 0 aromatic carbocycles. The van der Waals surface area contributed by atoms with Gasteiger partial charge in [0, 0.05) is 17.2 Å². The van der Waals surface area contributed by atoms with E-state index in [1.165, 1.54) is 5.56 Å². The van der Waals surface area contributed by atoms with Crippen LogP contribution in [0.5, 0.6) is 0 Å². The first-order chi connectivity index (χ1) is 8.70. The second-order valence-electron chi connectivity index (χ2n) is 5.93. The zero-order valence-electron chi connectivity index (χ0n) is 12.4. The van der Waals surface area contributed by atoms with E-state index in [0.717, 1.165) is 23.0 Å². The Morgan fingerprint density at radius 2 is 1.74 bits per heavy atom. The second kappa shape index (κ2) is 4.33. The minimum atomic E-state index is -0.144. The lowest BCUT2D eigenvalue weighted by atomic mass is 9.96. The molecule has 0 amide bonds. The van der Waals surface area contributed by atoms with Crippen molar-refractivity contribution in [2.45, 2.75) is 47.0 Å². The molecule has 0 saturated carbocycles. The van der Waals surface area contributed by atoms with E-state index in [1.807, 2.05) is 18.5 Å². The highest BCUT2D eigenvalue weighted by Crippen LogP contribution is 2.22. The summed E-state index contributed by atoms with van der Waals surface area (Å²) in [6.07, 6.45) is 0. The van der Waals surface area contributed by atoms with Crippen LogP contribution in [0.15, 0.2) is 6.07 Å². The lowest BCUT2D eigenvalue weighted by Gasteiger charge is -2.18. The molecular weight excluding hydrogens is 238 g/mol. The zero-order valence-corrected chi connectivity index (χ0v) is 12.4. The molecule has 5 nitrogen and oxygen atoms in total. The SMILES string of the molecule is Cc1nn(-c2cc(N)nc(C(C)(C)C)n2)c(C)c1C. The van der Waals surface area contributed by atoms with Gasteiger partial charge in [0.1, 0.15) is 11.6 Å². The van der Waals surface area contributed by atoms with Crippen molar-refractivity contribution in [2.24, 2.45) is 0 Å². The fraction of sp³-hybridized carbons (Fsp3) is 0.500. The lowest BCUT2D eigenvalue weighted by Crippen LogP contribution is -2.19. The number of anilines is 1. The van der Waals surface area contributed by atoms with Crippen molar-refractivity contribution in [3.63, 3.8) is 0 Å². The predicted molar refractivity (Wildman–Crippen MR) is 76.5 cm³/mol. The molecule has 2 aromatic heterocycles. The molecule has 0 atom stereocenters. The van der Waals surface area contributed by atoms with Gasteiger partial charge in [-0.1, -0.05) is 20.8 Å². The molecule has 0 aliphatic rings. The van der Waals surface area contributed by atoms with Gasteiger partial charge >= 0.3 is 0 Å². The quantitative estimate of drug-likeness (QED) is 0.854. The maximum absolute atomic E-state index is 5.90. The van der Waals surface area contributed by atoms with E-state index >= 15 is 0 Å². The second-order valence-corrected chi connectivity index (χ2v) is 5.93. The van der Waals surface area contributed by atoms with Crippen LogP contribution in [0, 0.1) is 20.8 Å². The first kappa shape index (κ1) is 13.5. The number of nitrogens with zero attached hydrogens (tertiary/aromatic N) is 4. The Hall–Kier alpha value is -1.91. The minimum absolute atomic E-state index is 0.144. The predicted octanol–water partition coefficient (Wildman–Crippen LogP) is 2.47. The van der Waals surface area contributed by atoms with Crippen molar-refractivity contribution < 1.29 is 0 Å². The van der Waals surface area contributed by atoms with Gasteiger partial charge in [-0.15, -0.1) is 0 Å². The Morgan fingerprint density at radius 3 is 2.21 bits per heavy atom. The van der Waals surface area contributed by atoms with Crippen LogP contribution in [-0.4, -0.2) is 19.7 Å². The third-order valence-corrected chi connectivity index (χ3v) is 3.27. The smallest absolute Gasteiger partial charge is 0.159 e. The molecule has 2 aromatic rings. The number of hydrogen-bond acceptors (Lipinski definition) is 4. The number of aromatic nitrogens is 4. The van der Waals surface area contributed by atoms with E-state index in [9.17, 15) is 0 Å². The molecule has 2 rings (SSSR count). The molecule has 2 heterocycles. The fourth-order valence-corrected chi connectivity index (χ4v) is 1.84. The Bertz CT molecular complexity index is 619. The van der Waals surface area contributed by atoms with E-state index in [0.29, 0.717) is 5.82 Å². The molecule has 5 heteroatoms. The number of aryl methyl sites for hydroxylation is 1. The van der Waals surface area contributed by atoms with Crippen LogP contribution in [0.3, 0.4) is 0 Å². The van der Waals surface area contributed by atoms with Crippen molar-refractivity contribution >= 4 is 5.82 Å². The summed E-state index contributed by atoms with van der Waals surface area (Å²) in [5.41, 5.74) is 9.01. The summed E-state index contributed by atoms with van der Waals surface area (Å²) in [5, 5.41) is 4.52. The van der Waals surface area contributed by atoms with Crippen LogP contribution < -0.4 is 5.73 Å². The normalized spacial score (nSPS) is 11.9. The largest absolute Gasteiger partial charge is 0.384 e. The van der Waals surface area contributed by atoms with Gasteiger partial charge in [0.2, 0.25) is 0 Å². The summed E-state index contributed by atoms with van der Waals surface area (Å²) in [4.78, 5) is 8.91. The standard InChI is InChI=1S/C14H21N5/c1-8-9(2)18-19(10(8)3)12-7-11(15)16-13(17-12)14(4,5)6/h7H,1-6H3,(H2,15,16,17). The Morgan fingerprint density at radius 1 is 1.11 bits per heavy atom. The van der Waals surface area contributed by atoms with E-state index in [4.69, 9.17) is 5.73 Å². The number of nitrogens with two attached hydrogens (primary N) is 1. The van der Waals surface area contributed by atoms with Crippen LogP contribution in [0.2, 0.25) is 0 Å². The van der Waals surface area contributed by atoms with Crippen molar-refractivity contribution in [3.8, 4) is 5.82 Å². The minimum Gasteiger partial charge on any atom is -0.384 e. The monoisotopic (exact) mass is 259 g/mol. The Kier molecular flexibility index (Phi) is 3.08. The first-order valence-corrected chi connectivity index (χ1v) is 6.38. The molecular formula is C14H21N5. The molecule has 0 unspecified atom stereocenters. The maximum atomic E-state index is 5.90. The highest BCUT2D eigenvalue weighted by Gasteiger charge is 2.20. The van der Waals surface area contributed by atoms with E-state index in [2.05, 4.69) is 42.8 Å². The molecule has 102 valence electrons.